The first-order valence-electron chi connectivity index (χ1n) is 10.0. The number of carbonyl (C=O) groups excluding carboxylic acids is 1. The molecule has 0 atom stereocenters. The van der Waals surface area contributed by atoms with Crippen molar-refractivity contribution in [2.45, 2.75) is 43.0 Å². The number of nitrogens with zero attached hydrogens (tertiary/aromatic N) is 5. The molecule has 1 saturated heterocycles. The Morgan fingerprint density at radius 2 is 1.86 bits per heavy atom. The van der Waals surface area contributed by atoms with Crippen LogP contribution in [0.3, 0.4) is 0 Å². The lowest BCUT2D eigenvalue weighted by atomic mass is 10.1. The second kappa shape index (κ2) is 7.54. The Balaban J connectivity index is 1.46. The maximum atomic E-state index is 12.6. The topological polar surface area (TPSA) is 63.9 Å². The molecule has 2 aliphatic rings. The van der Waals surface area contributed by atoms with E-state index >= 15 is 0 Å². The maximum absolute atomic E-state index is 12.6. The van der Waals surface area contributed by atoms with Gasteiger partial charge in [-0.05, 0) is 44.2 Å². The number of aromatic nitrogens is 4. The van der Waals surface area contributed by atoms with Gasteiger partial charge in [0.05, 0.1) is 23.0 Å². The van der Waals surface area contributed by atoms with Gasteiger partial charge in [-0.2, -0.15) is 5.10 Å². The van der Waals surface area contributed by atoms with E-state index in [4.69, 9.17) is 9.97 Å². The molecule has 1 saturated carbocycles. The van der Waals surface area contributed by atoms with Gasteiger partial charge in [-0.1, -0.05) is 30.0 Å². The largest absolute Gasteiger partial charge is 0.342 e. The van der Waals surface area contributed by atoms with Crippen LogP contribution in [-0.2, 0) is 4.79 Å². The highest BCUT2D eigenvalue weighted by Crippen LogP contribution is 2.40. The second-order valence-electron chi connectivity index (χ2n) is 7.52. The number of para-hydroxylation sites is 1. The molecule has 0 N–H and O–H groups in total. The molecule has 0 spiro atoms. The molecule has 3 heterocycles. The Hall–Kier alpha value is -2.41. The molecule has 1 aromatic carbocycles. The molecule has 1 amide bonds. The number of hydrogen-bond donors (Lipinski definition) is 0. The van der Waals surface area contributed by atoms with E-state index in [9.17, 15) is 4.79 Å². The Bertz CT molecular complexity index is 993. The first kappa shape index (κ1) is 17.7. The van der Waals surface area contributed by atoms with Crippen LogP contribution in [0.5, 0.6) is 0 Å². The summed E-state index contributed by atoms with van der Waals surface area (Å²) in [5, 5.41) is 6.37. The van der Waals surface area contributed by atoms with Crippen molar-refractivity contribution in [1.29, 1.82) is 0 Å². The maximum Gasteiger partial charge on any atom is 0.232 e. The van der Waals surface area contributed by atoms with Crippen LogP contribution in [0.25, 0.3) is 16.7 Å². The summed E-state index contributed by atoms with van der Waals surface area (Å²) < 4.78 is 1.87. The summed E-state index contributed by atoms with van der Waals surface area (Å²) in [7, 11) is 0. The van der Waals surface area contributed by atoms with Gasteiger partial charge in [-0.25, -0.2) is 14.6 Å². The molecular formula is C21H23N5OS. The normalized spacial score (nSPS) is 17.2. The number of amides is 1. The van der Waals surface area contributed by atoms with E-state index in [0.717, 1.165) is 66.3 Å². The third kappa shape index (κ3) is 3.51. The summed E-state index contributed by atoms with van der Waals surface area (Å²) in [5.41, 5.74) is 1.81. The first-order valence-corrected chi connectivity index (χ1v) is 11.0. The van der Waals surface area contributed by atoms with Gasteiger partial charge in [0.15, 0.2) is 5.65 Å². The van der Waals surface area contributed by atoms with Crippen molar-refractivity contribution in [1.82, 2.24) is 24.6 Å². The molecule has 1 aliphatic heterocycles. The Morgan fingerprint density at radius 3 is 2.61 bits per heavy atom. The van der Waals surface area contributed by atoms with E-state index in [1.807, 2.05) is 46.1 Å². The summed E-state index contributed by atoms with van der Waals surface area (Å²) in [6, 6.07) is 10.0. The number of likely N-dealkylation sites (tertiary alicyclic amines) is 1. The molecule has 5 rings (SSSR count). The van der Waals surface area contributed by atoms with Crippen LogP contribution in [0.15, 0.2) is 41.6 Å². The number of fused-ring (bicyclic) bond motifs is 1. The standard InChI is InChI=1S/C21H23N5OS/c27-18(25-11-5-2-6-12-25)14-28-21-17-13-22-26(16-7-3-1-4-8-16)20(17)23-19(24-21)15-9-10-15/h1,3-4,7-8,13,15H,2,5-6,9-12,14H2. The molecule has 28 heavy (non-hydrogen) atoms. The third-order valence-corrected chi connectivity index (χ3v) is 6.37. The van der Waals surface area contributed by atoms with Crippen LogP contribution in [-0.4, -0.2) is 49.4 Å². The highest BCUT2D eigenvalue weighted by molar-refractivity contribution is 8.00. The summed E-state index contributed by atoms with van der Waals surface area (Å²) in [5.74, 6) is 1.96. The zero-order valence-corrected chi connectivity index (χ0v) is 16.6. The molecular weight excluding hydrogens is 370 g/mol. The van der Waals surface area contributed by atoms with Crippen LogP contribution in [0.2, 0.25) is 0 Å². The molecule has 144 valence electrons. The Kier molecular flexibility index (Phi) is 4.76. The Morgan fingerprint density at radius 1 is 1.07 bits per heavy atom. The second-order valence-corrected chi connectivity index (χ2v) is 8.48. The van der Waals surface area contributed by atoms with Crippen molar-refractivity contribution in [3.63, 3.8) is 0 Å². The van der Waals surface area contributed by atoms with Crippen molar-refractivity contribution in [3.8, 4) is 5.69 Å². The summed E-state index contributed by atoms with van der Waals surface area (Å²) in [4.78, 5) is 24.2. The zero-order valence-electron chi connectivity index (χ0n) is 15.8. The number of benzene rings is 1. The van der Waals surface area contributed by atoms with Gasteiger partial charge < -0.3 is 4.90 Å². The highest BCUT2D eigenvalue weighted by Gasteiger charge is 2.29. The van der Waals surface area contributed by atoms with Crippen LogP contribution in [0.4, 0.5) is 0 Å². The lowest BCUT2D eigenvalue weighted by Gasteiger charge is -2.26. The van der Waals surface area contributed by atoms with E-state index in [0.29, 0.717) is 11.7 Å². The number of carbonyl (C=O) groups is 1. The minimum atomic E-state index is 0.208. The van der Waals surface area contributed by atoms with Gasteiger partial charge in [0.25, 0.3) is 0 Å². The fraction of sp³-hybridized carbons (Fsp3) is 0.429. The van der Waals surface area contributed by atoms with E-state index in [1.165, 1.54) is 18.2 Å². The number of piperidine rings is 1. The molecule has 0 unspecified atom stereocenters. The molecule has 0 bridgehead atoms. The molecule has 2 fully saturated rings. The zero-order chi connectivity index (χ0) is 18.9. The molecule has 2 aromatic heterocycles. The average Bonchev–Trinajstić information content (AvgIpc) is 3.52. The van der Waals surface area contributed by atoms with Crippen molar-refractivity contribution < 1.29 is 4.79 Å². The summed E-state index contributed by atoms with van der Waals surface area (Å²) >= 11 is 1.52. The predicted octanol–water partition coefficient (Wildman–Crippen LogP) is 3.80. The fourth-order valence-corrected chi connectivity index (χ4v) is 4.56. The van der Waals surface area contributed by atoms with Gasteiger partial charge in [0.2, 0.25) is 5.91 Å². The lowest BCUT2D eigenvalue weighted by molar-refractivity contribution is -0.129. The number of hydrogen-bond acceptors (Lipinski definition) is 5. The highest BCUT2D eigenvalue weighted by atomic mass is 32.2. The van der Waals surface area contributed by atoms with Crippen LogP contribution in [0.1, 0.15) is 43.8 Å². The first-order chi connectivity index (χ1) is 13.8. The van der Waals surface area contributed by atoms with Gasteiger partial charge in [0.1, 0.15) is 10.9 Å². The van der Waals surface area contributed by atoms with Crippen molar-refractivity contribution in [3.05, 3.63) is 42.4 Å². The number of thioether (sulfide) groups is 1. The monoisotopic (exact) mass is 393 g/mol. The van der Waals surface area contributed by atoms with Gasteiger partial charge >= 0.3 is 0 Å². The van der Waals surface area contributed by atoms with E-state index in [1.54, 1.807) is 0 Å². The predicted molar refractivity (Wildman–Crippen MR) is 110 cm³/mol. The molecule has 1 aliphatic carbocycles. The van der Waals surface area contributed by atoms with Gasteiger partial charge in [0, 0.05) is 19.0 Å². The minimum absolute atomic E-state index is 0.208. The minimum Gasteiger partial charge on any atom is -0.342 e. The summed E-state index contributed by atoms with van der Waals surface area (Å²) in [6.45, 7) is 1.77. The van der Waals surface area contributed by atoms with Crippen molar-refractivity contribution >= 4 is 28.7 Å². The van der Waals surface area contributed by atoms with Crippen molar-refractivity contribution in [2.75, 3.05) is 18.8 Å². The quantitative estimate of drug-likeness (QED) is 0.487. The molecule has 0 radical (unpaired) electrons. The van der Waals surface area contributed by atoms with Crippen molar-refractivity contribution in [2.24, 2.45) is 0 Å². The lowest BCUT2D eigenvalue weighted by Crippen LogP contribution is -2.36. The molecule has 7 heteroatoms. The number of rotatable bonds is 5. The van der Waals surface area contributed by atoms with E-state index in [2.05, 4.69) is 5.10 Å². The van der Waals surface area contributed by atoms with Crippen LogP contribution in [0, 0.1) is 0 Å². The third-order valence-electron chi connectivity index (χ3n) is 5.40. The van der Waals surface area contributed by atoms with E-state index < -0.39 is 0 Å². The van der Waals surface area contributed by atoms with Crippen LogP contribution < -0.4 is 0 Å². The molecule has 3 aromatic rings. The van der Waals surface area contributed by atoms with Crippen LogP contribution >= 0.6 is 11.8 Å². The van der Waals surface area contributed by atoms with Gasteiger partial charge in [-0.15, -0.1) is 0 Å². The summed E-state index contributed by atoms with van der Waals surface area (Å²) in [6.07, 6.45) is 7.57. The Labute approximate surface area is 168 Å². The SMILES string of the molecule is O=C(CSc1nc(C2CC2)nc2c1cnn2-c1ccccc1)N1CCCCC1. The molecule has 6 nitrogen and oxygen atoms in total. The van der Waals surface area contributed by atoms with E-state index in [-0.39, 0.29) is 5.91 Å². The average molecular weight is 394 g/mol. The smallest absolute Gasteiger partial charge is 0.232 e. The fourth-order valence-electron chi connectivity index (χ4n) is 3.66. The van der Waals surface area contributed by atoms with Gasteiger partial charge in [-0.3, -0.25) is 4.79 Å².